The van der Waals surface area contributed by atoms with Crippen LogP contribution in [0.5, 0.6) is 0 Å². The van der Waals surface area contributed by atoms with E-state index in [9.17, 15) is 9.59 Å². The van der Waals surface area contributed by atoms with Crippen molar-refractivity contribution in [2.75, 3.05) is 10.6 Å². The summed E-state index contributed by atoms with van der Waals surface area (Å²) in [6.07, 6.45) is 0.815. The number of benzene rings is 1. The Hall–Kier alpha value is -4.58. The lowest BCUT2D eigenvalue weighted by Gasteiger charge is -2.18. The second-order valence-electron chi connectivity index (χ2n) is 8.56. The van der Waals surface area contributed by atoms with Crippen LogP contribution in [0.1, 0.15) is 31.1 Å². The molecule has 0 saturated carbocycles. The van der Waals surface area contributed by atoms with E-state index in [2.05, 4.69) is 30.8 Å². The lowest BCUT2D eigenvalue weighted by atomic mass is 10.1. The molecule has 0 spiro atoms. The molecule has 0 aliphatic carbocycles. The highest BCUT2D eigenvalue weighted by atomic mass is 32.1. The average Bonchev–Trinajstić information content (AvgIpc) is 3.58. The fourth-order valence-corrected chi connectivity index (χ4v) is 4.12. The summed E-state index contributed by atoms with van der Waals surface area (Å²) < 4.78 is 16.5. The molecular weight excluding hydrogens is 484 g/mol. The number of hydrogen-bond donors (Lipinski definition) is 2. The number of furan rings is 1. The molecule has 11 nitrogen and oxygen atoms in total. The molecule has 1 aromatic carbocycles. The third-order valence-corrected chi connectivity index (χ3v) is 5.65. The van der Waals surface area contributed by atoms with Crippen LogP contribution in [-0.4, -0.2) is 37.8 Å². The Morgan fingerprint density at radius 3 is 2.53 bits per heavy atom. The molecular formula is C24H20N6O5S. The van der Waals surface area contributed by atoms with E-state index in [1.54, 1.807) is 39.0 Å². The first-order valence-electron chi connectivity index (χ1n) is 10.8. The van der Waals surface area contributed by atoms with Crippen LogP contribution >= 0.6 is 11.3 Å². The fourth-order valence-electron chi connectivity index (χ4n) is 3.22. The highest BCUT2D eigenvalue weighted by Crippen LogP contribution is 2.32. The Morgan fingerprint density at radius 1 is 1.00 bits per heavy atom. The Balaban J connectivity index is 1.49. The number of nitrogens with one attached hydrogen (secondary N) is 2. The zero-order valence-corrected chi connectivity index (χ0v) is 20.3. The molecule has 0 saturated heterocycles. The van der Waals surface area contributed by atoms with Crippen molar-refractivity contribution in [2.24, 2.45) is 0 Å². The van der Waals surface area contributed by atoms with Gasteiger partial charge in [0.1, 0.15) is 5.60 Å². The van der Waals surface area contributed by atoms with Crippen LogP contribution in [0.25, 0.3) is 33.3 Å². The van der Waals surface area contributed by atoms with Crippen molar-refractivity contribution in [1.82, 2.24) is 20.2 Å². The summed E-state index contributed by atoms with van der Waals surface area (Å²) in [4.78, 5) is 34.6. The summed E-state index contributed by atoms with van der Waals surface area (Å²) in [5.74, 6) is -0.00976. The molecule has 0 aliphatic heterocycles. The van der Waals surface area contributed by atoms with Gasteiger partial charge in [0.25, 0.3) is 11.8 Å². The Kier molecular flexibility index (Phi) is 5.94. The molecule has 0 unspecified atom stereocenters. The number of pyridine rings is 1. The topological polar surface area (TPSA) is 145 Å². The molecule has 2 N–H and O–H groups in total. The van der Waals surface area contributed by atoms with E-state index in [0.717, 1.165) is 16.9 Å². The molecule has 0 radical (unpaired) electrons. The van der Waals surface area contributed by atoms with E-state index >= 15 is 0 Å². The molecule has 36 heavy (non-hydrogen) atoms. The van der Waals surface area contributed by atoms with E-state index in [0.29, 0.717) is 21.8 Å². The minimum Gasteiger partial charge on any atom is -0.459 e. The maximum Gasteiger partial charge on any atom is 0.413 e. The number of hydrogen-bond acceptors (Lipinski definition) is 10. The van der Waals surface area contributed by atoms with Gasteiger partial charge in [0, 0.05) is 5.56 Å². The number of ether oxygens (including phenoxy) is 1. The second kappa shape index (κ2) is 9.23. The van der Waals surface area contributed by atoms with Crippen LogP contribution in [0.4, 0.5) is 15.9 Å². The largest absolute Gasteiger partial charge is 0.459 e. The number of fused-ring (bicyclic) bond motifs is 1. The number of carbonyl (C=O) groups is 2. The van der Waals surface area contributed by atoms with Crippen LogP contribution in [0.2, 0.25) is 0 Å². The highest BCUT2D eigenvalue weighted by molar-refractivity contribution is 7.22. The van der Waals surface area contributed by atoms with Gasteiger partial charge in [-0.3, -0.25) is 15.4 Å². The number of carbonyl (C=O) groups excluding carboxylic acids is 2. The van der Waals surface area contributed by atoms with Gasteiger partial charge in [0.2, 0.25) is 0 Å². The van der Waals surface area contributed by atoms with Crippen LogP contribution < -0.4 is 10.6 Å². The normalized spacial score (nSPS) is 11.4. The molecule has 0 fully saturated rings. The Morgan fingerprint density at radius 2 is 1.81 bits per heavy atom. The van der Waals surface area contributed by atoms with Crippen molar-refractivity contribution in [3.8, 4) is 22.9 Å². The molecule has 5 rings (SSSR count). The molecule has 4 aromatic heterocycles. The van der Waals surface area contributed by atoms with Gasteiger partial charge in [0.05, 0.1) is 22.2 Å². The van der Waals surface area contributed by atoms with Crippen LogP contribution in [0.3, 0.4) is 0 Å². The third kappa shape index (κ3) is 5.08. The van der Waals surface area contributed by atoms with Gasteiger partial charge >= 0.3 is 12.1 Å². The van der Waals surface area contributed by atoms with Crippen molar-refractivity contribution in [3.05, 3.63) is 60.4 Å². The monoisotopic (exact) mass is 504 g/mol. The minimum atomic E-state index is -0.677. The Labute approximate surface area is 208 Å². The number of aromatic nitrogens is 4. The van der Waals surface area contributed by atoms with Crippen molar-refractivity contribution in [2.45, 2.75) is 26.4 Å². The summed E-state index contributed by atoms with van der Waals surface area (Å²) in [6.45, 7) is 5.28. The second-order valence-corrected chi connectivity index (χ2v) is 9.56. The zero-order chi connectivity index (χ0) is 25.3. The molecule has 182 valence electrons. The van der Waals surface area contributed by atoms with Crippen molar-refractivity contribution in [1.29, 1.82) is 0 Å². The first kappa shape index (κ1) is 23.2. The van der Waals surface area contributed by atoms with Gasteiger partial charge in [-0.05, 0) is 39.0 Å². The maximum atomic E-state index is 13.3. The lowest BCUT2D eigenvalue weighted by Crippen LogP contribution is -2.27. The van der Waals surface area contributed by atoms with Gasteiger partial charge in [0.15, 0.2) is 16.5 Å². The molecule has 5 aromatic rings. The lowest BCUT2D eigenvalue weighted by molar-refractivity contribution is 0.0635. The first-order chi connectivity index (χ1) is 17.2. The molecule has 0 bridgehead atoms. The Bertz CT molecular complexity index is 1540. The van der Waals surface area contributed by atoms with Crippen LogP contribution in [0, 0.1) is 0 Å². The number of nitrogens with zero attached hydrogens (tertiary/aromatic N) is 4. The molecule has 4 heterocycles. The quantitative estimate of drug-likeness (QED) is 0.312. The van der Waals surface area contributed by atoms with E-state index in [1.807, 2.05) is 30.3 Å². The molecule has 0 aliphatic rings. The van der Waals surface area contributed by atoms with E-state index in [4.69, 9.17) is 13.6 Å². The number of anilines is 2. The summed E-state index contributed by atoms with van der Waals surface area (Å²) in [5, 5.41) is 13.2. The first-order valence-corrected chi connectivity index (χ1v) is 11.6. The SMILES string of the molecule is CC(C)(C)OC(=O)Nc1nc2nc(-c3ccccc3)cc(C(=O)Nc3nnc(-c4ccco4)o3)c2s1. The van der Waals surface area contributed by atoms with E-state index in [1.165, 1.54) is 6.26 Å². The minimum absolute atomic E-state index is 0.103. The number of rotatable bonds is 5. The predicted octanol–water partition coefficient (Wildman–Crippen LogP) is 5.60. The van der Waals surface area contributed by atoms with Gasteiger partial charge in [-0.1, -0.05) is 46.8 Å². The third-order valence-electron chi connectivity index (χ3n) is 4.66. The van der Waals surface area contributed by atoms with Crippen LogP contribution in [0.15, 0.2) is 63.6 Å². The van der Waals surface area contributed by atoms with Crippen molar-refractivity contribution in [3.63, 3.8) is 0 Å². The standard InChI is InChI=1S/C24H20N6O5S/c1-24(2,3)35-23(32)28-22-26-18-17(36-22)14(12-15(25-18)13-8-5-4-6-9-13)19(31)27-21-30-29-20(34-21)16-10-7-11-33-16/h4-12H,1-3H3,(H,27,30,31)(H,25,26,28,32). The van der Waals surface area contributed by atoms with Gasteiger partial charge < -0.3 is 13.6 Å². The van der Waals surface area contributed by atoms with Crippen molar-refractivity contribution >= 4 is 44.8 Å². The average molecular weight is 505 g/mol. The molecule has 0 atom stereocenters. The summed E-state index contributed by atoms with van der Waals surface area (Å²) in [5.41, 5.74) is 1.21. The maximum absolute atomic E-state index is 13.3. The highest BCUT2D eigenvalue weighted by Gasteiger charge is 2.22. The molecule has 2 amide bonds. The summed E-state index contributed by atoms with van der Waals surface area (Å²) in [6, 6.07) is 14.2. The van der Waals surface area contributed by atoms with Gasteiger partial charge in [-0.2, -0.15) is 4.98 Å². The van der Waals surface area contributed by atoms with Gasteiger partial charge in [-0.25, -0.2) is 9.78 Å². The van der Waals surface area contributed by atoms with Crippen LogP contribution in [-0.2, 0) is 4.74 Å². The fraction of sp³-hybridized carbons (Fsp3) is 0.167. The number of thiazole rings is 1. The molecule has 12 heteroatoms. The summed E-state index contributed by atoms with van der Waals surface area (Å²) >= 11 is 1.10. The van der Waals surface area contributed by atoms with Crippen molar-refractivity contribution < 1.29 is 23.2 Å². The smallest absolute Gasteiger partial charge is 0.413 e. The van der Waals surface area contributed by atoms with Gasteiger partial charge in [-0.15, -0.1) is 5.10 Å². The number of amides is 2. The summed E-state index contributed by atoms with van der Waals surface area (Å²) in [7, 11) is 0. The van der Waals surface area contributed by atoms with E-state index in [-0.39, 0.29) is 22.6 Å². The zero-order valence-electron chi connectivity index (χ0n) is 19.4. The predicted molar refractivity (Wildman–Crippen MR) is 133 cm³/mol. The van der Waals surface area contributed by atoms with E-state index < -0.39 is 17.6 Å².